The van der Waals surface area contributed by atoms with Crippen molar-refractivity contribution in [1.82, 2.24) is 4.90 Å². The van der Waals surface area contributed by atoms with Crippen LogP contribution in [0.4, 0.5) is 0 Å². The van der Waals surface area contributed by atoms with Gasteiger partial charge >= 0.3 is 0 Å². The first kappa shape index (κ1) is 14.2. The van der Waals surface area contributed by atoms with E-state index in [0.29, 0.717) is 5.92 Å². The average Bonchev–Trinajstić information content (AvgIpc) is 2.18. The van der Waals surface area contributed by atoms with Crippen LogP contribution in [0.25, 0.3) is 0 Å². The average molecular weight is 241 g/mol. The molecular formula is C9H18Cl2N2O. The summed E-state index contributed by atoms with van der Waals surface area (Å²) in [7, 11) is 0. The Kier molecular flexibility index (Phi) is 5.98. The molecule has 0 spiro atoms. The number of carbonyl (C=O) groups is 1. The maximum Gasteiger partial charge on any atom is 0.151 e. The summed E-state index contributed by atoms with van der Waals surface area (Å²) in [4.78, 5) is 13.8. The first-order valence-corrected chi connectivity index (χ1v) is 4.76. The van der Waals surface area contributed by atoms with Crippen molar-refractivity contribution in [3.05, 3.63) is 0 Å². The summed E-state index contributed by atoms with van der Waals surface area (Å²) in [6.07, 6.45) is 2.41. The Morgan fingerprint density at radius 3 is 2.21 bits per heavy atom. The fourth-order valence-corrected chi connectivity index (χ4v) is 2.48. The molecule has 3 fully saturated rings. The summed E-state index contributed by atoms with van der Waals surface area (Å²) >= 11 is 0. The number of hydrogen-bond acceptors (Lipinski definition) is 3. The Morgan fingerprint density at radius 1 is 1.29 bits per heavy atom. The lowest BCUT2D eigenvalue weighted by molar-refractivity contribution is -0.127. The van der Waals surface area contributed by atoms with Crippen molar-refractivity contribution in [2.45, 2.75) is 12.8 Å². The lowest BCUT2D eigenvalue weighted by Gasteiger charge is -2.43. The number of piperidine rings is 3. The minimum atomic E-state index is 0. The minimum absolute atomic E-state index is 0. The van der Waals surface area contributed by atoms with Gasteiger partial charge in [0.2, 0.25) is 0 Å². The highest BCUT2D eigenvalue weighted by Gasteiger charge is 2.37. The Bertz CT molecular complexity index is 193. The predicted molar refractivity (Wildman–Crippen MR) is 61.2 cm³/mol. The quantitative estimate of drug-likeness (QED) is 0.774. The third kappa shape index (κ3) is 2.60. The van der Waals surface area contributed by atoms with Crippen LogP contribution in [0.2, 0.25) is 0 Å². The van der Waals surface area contributed by atoms with Crippen molar-refractivity contribution in [2.24, 2.45) is 17.6 Å². The SMILES string of the molecule is Cl.Cl.NCC(=O)C1CN2CCC1CC2. The van der Waals surface area contributed by atoms with Crippen LogP contribution in [0.3, 0.4) is 0 Å². The van der Waals surface area contributed by atoms with E-state index in [1.807, 2.05) is 0 Å². The number of ketones is 1. The number of rotatable bonds is 2. The fraction of sp³-hybridized carbons (Fsp3) is 0.889. The van der Waals surface area contributed by atoms with Crippen LogP contribution in [0.15, 0.2) is 0 Å². The van der Waals surface area contributed by atoms with Crippen molar-refractivity contribution in [3.63, 3.8) is 0 Å². The highest BCUT2D eigenvalue weighted by atomic mass is 35.5. The van der Waals surface area contributed by atoms with Crippen LogP contribution in [0.5, 0.6) is 0 Å². The third-order valence-electron chi connectivity index (χ3n) is 3.27. The molecule has 1 atom stereocenters. The molecule has 5 heteroatoms. The lowest BCUT2D eigenvalue weighted by atomic mass is 9.77. The van der Waals surface area contributed by atoms with Gasteiger partial charge in [-0.2, -0.15) is 0 Å². The zero-order chi connectivity index (χ0) is 8.55. The Balaban J connectivity index is 0.000000845. The van der Waals surface area contributed by atoms with Crippen LogP contribution in [0, 0.1) is 11.8 Å². The molecule has 0 aromatic rings. The normalized spacial score (nSPS) is 34.2. The molecule has 3 aliphatic heterocycles. The van der Waals surface area contributed by atoms with Crippen molar-refractivity contribution < 1.29 is 4.79 Å². The predicted octanol–water partition coefficient (Wildman–Crippen LogP) is 0.700. The number of halogens is 2. The number of carbonyl (C=O) groups excluding carboxylic acids is 1. The van der Waals surface area contributed by atoms with Crippen LogP contribution >= 0.6 is 24.8 Å². The van der Waals surface area contributed by atoms with Gasteiger partial charge < -0.3 is 10.6 Å². The van der Waals surface area contributed by atoms with E-state index in [1.54, 1.807) is 0 Å². The van der Waals surface area contributed by atoms with E-state index in [0.717, 1.165) is 6.54 Å². The number of nitrogens with two attached hydrogens (primary N) is 1. The van der Waals surface area contributed by atoms with Crippen molar-refractivity contribution in [3.8, 4) is 0 Å². The Morgan fingerprint density at radius 2 is 1.86 bits per heavy atom. The van der Waals surface area contributed by atoms with Gasteiger partial charge in [-0.1, -0.05) is 0 Å². The van der Waals surface area contributed by atoms with Crippen LogP contribution in [-0.4, -0.2) is 36.9 Å². The first-order chi connectivity index (χ1) is 5.81. The van der Waals surface area contributed by atoms with E-state index >= 15 is 0 Å². The topological polar surface area (TPSA) is 46.3 Å². The van der Waals surface area contributed by atoms with Gasteiger partial charge in [-0.15, -0.1) is 24.8 Å². The van der Waals surface area contributed by atoms with Crippen LogP contribution < -0.4 is 5.73 Å². The van der Waals surface area contributed by atoms with Gasteiger partial charge in [0.05, 0.1) is 6.54 Å². The van der Waals surface area contributed by atoms with E-state index in [2.05, 4.69) is 4.90 Å². The van der Waals surface area contributed by atoms with Gasteiger partial charge in [-0.25, -0.2) is 0 Å². The minimum Gasteiger partial charge on any atom is -0.324 e. The third-order valence-corrected chi connectivity index (χ3v) is 3.27. The second-order valence-corrected chi connectivity index (χ2v) is 3.91. The maximum atomic E-state index is 11.4. The van der Waals surface area contributed by atoms with E-state index < -0.39 is 0 Å². The van der Waals surface area contributed by atoms with Gasteiger partial charge in [-0.05, 0) is 31.8 Å². The molecule has 2 N–H and O–H groups in total. The number of hydrogen-bond donors (Lipinski definition) is 1. The zero-order valence-corrected chi connectivity index (χ0v) is 9.78. The second kappa shape index (κ2) is 5.91. The van der Waals surface area contributed by atoms with E-state index in [4.69, 9.17) is 5.73 Å². The van der Waals surface area contributed by atoms with Crippen LogP contribution in [0.1, 0.15) is 12.8 Å². The molecule has 14 heavy (non-hydrogen) atoms. The van der Waals surface area contributed by atoms with Crippen molar-refractivity contribution >= 4 is 30.6 Å². The van der Waals surface area contributed by atoms with Gasteiger partial charge in [-0.3, -0.25) is 4.79 Å². The molecule has 84 valence electrons. The summed E-state index contributed by atoms with van der Waals surface area (Å²) in [5, 5.41) is 0. The van der Waals surface area contributed by atoms with E-state index in [1.165, 1.54) is 25.9 Å². The number of fused-ring (bicyclic) bond motifs is 3. The monoisotopic (exact) mass is 240 g/mol. The molecule has 0 amide bonds. The Labute approximate surface area is 97.2 Å². The van der Waals surface area contributed by atoms with Crippen molar-refractivity contribution in [1.29, 1.82) is 0 Å². The number of Topliss-reactive ketones (excluding diaryl/α,β-unsaturated/α-hetero) is 1. The van der Waals surface area contributed by atoms with Gasteiger partial charge in [0.1, 0.15) is 0 Å². The largest absolute Gasteiger partial charge is 0.324 e. The molecule has 1 unspecified atom stereocenters. The molecule has 2 bridgehead atoms. The molecular weight excluding hydrogens is 223 g/mol. The molecule has 0 saturated carbocycles. The number of nitrogens with zero attached hydrogens (tertiary/aromatic N) is 1. The highest BCUT2D eigenvalue weighted by Crippen LogP contribution is 2.32. The summed E-state index contributed by atoms with van der Waals surface area (Å²) in [5.41, 5.74) is 5.37. The molecule has 0 aromatic heterocycles. The lowest BCUT2D eigenvalue weighted by Crippen LogP contribution is -2.51. The molecule has 3 nitrogen and oxygen atoms in total. The van der Waals surface area contributed by atoms with E-state index in [9.17, 15) is 4.79 Å². The van der Waals surface area contributed by atoms with Crippen LogP contribution in [-0.2, 0) is 4.79 Å². The molecule has 0 radical (unpaired) electrons. The first-order valence-electron chi connectivity index (χ1n) is 4.76. The van der Waals surface area contributed by atoms with E-state index in [-0.39, 0.29) is 43.1 Å². The standard InChI is InChI=1S/C9H16N2O.2ClH/c10-5-9(12)8-6-11-3-1-7(8)2-4-11;;/h7-8H,1-6,10H2;2*1H. The second-order valence-electron chi connectivity index (χ2n) is 3.91. The molecule has 0 aromatic carbocycles. The summed E-state index contributed by atoms with van der Waals surface area (Å²) in [5.74, 6) is 1.17. The molecule has 0 aliphatic carbocycles. The van der Waals surface area contributed by atoms with Gasteiger partial charge in [0.25, 0.3) is 0 Å². The highest BCUT2D eigenvalue weighted by molar-refractivity contribution is 5.85. The van der Waals surface area contributed by atoms with Gasteiger partial charge in [0, 0.05) is 12.5 Å². The molecule has 3 rings (SSSR count). The van der Waals surface area contributed by atoms with Gasteiger partial charge in [0.15, 0.2) is 5.78 Å². The summed E-state index contributed by atoms with van der Waals surface area (Å²) < 4.78 is 0. The fourth-order valence-electron chi connectivity index (χ4n) is 2.48. The zero-order valence-electron chi connectivity index (χ0n) is 8.15. The molecule has 3 saturated heterocycles. The molecule has 3 heterocycles. The summed E-state index contributed by atoms with van der Waals surface area (Å²) in [6, 6.07) is 0. The summed E-state index contributed by atoms with van der Waals surface area (Å²) in [6.45, 7) is 3.59. The smallest absolute Gasteiger partial charge is 0.151 e. The molecule has 3 aliphatic rings. The Hall–Kier alpha value is 0.170. The maximum absolute atomic E-state index is 11.4. The van der Waals surface area contributed by atoms with Crippen molar-refractivity contribution in [2.75, 3.05) is 26.2 Å².